The molecule has 4 rings (SSSR count). The molecule has 0 saturated heterocycles. The second-order valence-electron chi connectivity index (χ2n) is 5.62. The van der Waals surface area contributed by atoms with Gasteiger partial charge in [-0.1, -0.05) is 47.6 Å². The molecule has 0 aliphatic carbocycles. The maximum Gasteiger partial charge on any atom is 0.279 e. The second kappa shape index (κ2) is 7.23. The largest absolute Gasteiger partial charge is 0.355 e. The van der Waals surface area contributed by atoms with Crippen molar-refractivity contribution in [2.24, 2.45) is 0 Å². The minimum atomic E-state index is -0.387. The summed E-state index contributed by atoms with van der Waals surface area (Å²) < 4.78 is 5.25. The van der Waals surface area contributed by atoms with Gasteiger partial charge in [0.2, 0.25) is 0 Å². The fourth-order valence-electron chi connectivity index (χ4n) is 2.46. The van der Waals surface area contributed by atoms with Crippen LogP contribution in [0.5, 0.6) is 0 Å². The summed E-state index contributed by atoms with van der Waals surface area (Å²) in [6.45, 7) is 0. The first-order chi connectivity index (χ1) is 13.2. The Morgan fingerprint density at radius 2 is 1.85 bits per heavy atom. The third kappa shape index (κ3) is 3.61. The molecule has 7 heteroatoms. The van der Waals surface area contributed by atoms with E-state index in [1.54, 1.807) is 18.2 Å². The fourth-order valence-corrected chi connectivity index (χ4v) is 3.18. The van der Waals surface area contributed by atoms with Crippen LogP contribution < -0.4 is 5.32 Å². The van der Waals surface area contributed by atoms with Crippen LogP contribution in [0.3, 0.4) is 0 Å². The van der Waals surface area contributed by atoms with E-state index >= 15 is 0 Å². The van der Waals surface area contributed by atoms with Crippen molar-refractivity contribution in [1.29, 1.82) is 5.26 Å². The molecule has 130 valence electrons. The molecule has 2 aromatic heterocycles. The lowest BCUT2D eigenvalue weighted by atomic mass is 10.1. The predicted octanol–water partition coefficient (Wildman–Crippen LogP) is 4.59. The van der Waals surface area contributed by atoms with Crippen molar-refractivity contribution in [3.63, 3.8) is 0 Å². The van der Waals surface area contributed by atoms with Crippen LogP contribution in [0.1, 0.15) is 16.1 Å². The molecule has 2 heterocycles. The number of rotatable bonds is 4. The first-order valence-electron chi connectivity index (χ1n) is 8.02. The zero-order valence-electron chi connectivity index (χ0n) is 13.9. The number of carbonyl (C=O) groups is 1. The molecule has 1 N–H and O–H groups in total. The number of nitrogens with zero attached hydrogens (tertiary/aromatic N) is 3. The number of anilines is 1. The molecule has 0 atom stereocenters. The van der Waals surface area contributed by atoms with Crippen molar-refractivity contribution in [1.82, 2.24) is 10.1 Å². The number of carbonyl (C=O) groups excluding carboxylic acids is 1. The van der Waals surface area contributed by atoms with E-state index in [0.717, 1.165) is 16.8 Å². The minimum Gasteiger partial charge on any atom is -0.355 e. The molecule has 27 heavy (non-hydrogen) atoms. The van der Waals surface area contributed by atoms with E-state index in [4.69, 9.17) is 9.78 Å². The molecule has 0 aliphatic rings. The molecule has 0 spiro atoms. The van der Waals surface area contributed by atoms with Gasteiger partial charge in [0.05, 0.1) is 17.3 Å². The van der Waals surface area contributed by atoms with Crippen molar-refractivity contribution in [3.8, 4) is 28.7 Å². The highest BCUT2D eigenvalue weighted by Gasteiger charge is 2.15. The van der Waals surface area contributed by atoms with E-state index in [1.807, 2.05) is 47.8 Å². The predicted molar refractivity (Wildman–Crippen MR) is 102 cm³/mol. The molecule has 1 amide bonds. The molecule has 0 saturated carbocycles. The molecular formula is C20H12N4O2S. The third-order valence-electron chi connectivity index (χ3n) is 3.84. The van der Waals surface area contributed by atoms with Gasteiger partial charge in [-0.05, 0) is 12.1 Å². The number of aromatic nitrogens is 2. The van der Waals surface area contributed by atoms with E-state index in [0.29, 0.717) is 16.5 Å². The van der Waals surface area contributed by atoms with Gasteiger partial charge in [-0.2, -0.15) is 5.26 Å². The lowest BCUT2D eigenvalue weighted by Gasteiger charge is -1.98. The maximum atomic E-state index is 12.4. The van der Waals surface area contributed by atoms with Gasteiger partial charge < -0.3 is 4.52 Å². The highest BCUT2D eigenvalue weighted by molar-refractivity contribution is 7.14. The lowest BCUT2D eigenvalue weighted by molar-refractivity contribution is 0.101. The van der Waals surface area contributed by atoms with Crippen molar-refractivity contribution >= 4 is 22.4 Å². The Morgan fingerprint density at radius 1 is 1.07 bits per heavy atom. The fraction of sp³-hybridized carbons (Fsp3) is 0. The molecule has 2 aromatic carbocycles. The average molecular weight is 372 g/mol. The molecule has 0 radical (unpaired) electrons. The van der Waals surface area contributed by atoms with Crippen molar-refractivity contribution < 1.29 is 9.32 Å². The average Bonchev–Trinajstić information content (AvgIpc) is 3.39. The van der Waals surface area contributed by atoms with E-state index in [1.165, 1.54) is 11.3 Å². The van der Waals surface area contributed by atoms with Crippen LogP contribution >= 0.6 is 11.3 Å². The van der Waals surface area contributed by atoms with Crippen molar-refractivity contribution in [3.05, 3.63) is 77.3 Å². The Bertz CT molecular complexity index is 1120. The highest BCUT2D eigenvalue weighted by atomic mass is 32.1. The Hall–Kier alpha value is -3.76. The van der Waals surface area contributed by atoms with Crippen molar-refractivity contribution in [2.45, 2.75) is 0 Å². The van der Waals surface area contributed by atoms with Gasteiger partial charge in [0.1, 0.15) is 0 Å². The van der Waals surface area contributed by atoms with E-state index in [-0.39, 0.29) is 11.6 Å². The number of thiazole rings is 1. The number of hydrogen-bond acceptors (Lipinski definition) is 6. The quantitative estimate of drug-likeness (QED) is 0.566. The zero-order chi connectivity index (χ0) is 18.6. The summed E-state index contributed by atoms with van der Waals surface area (Å²) >= 11 is 1.31. The lowest BCUT2D eigenvalue weighted by Crippen LogP contribution is -2.11. The first kappa shape index (κ1) is 16.7. The summed E-state index contributed by atoms with van der Waals surface area (Å²) in [6, 6.07) is 20.2. The minimum absolute atomic E-state index is 0.184. The van der Waals surface area contributed by atoms with Gasteiger partial charge in [-0.15, -0.1) is 11.3 Å². The summed E-state index contributed by atoms with van der Waals surface area (Å²) in [5.74, 6) is 0.139. The molecule has 0 bridgehead atoms. The second-order valence-corrected chi connectivity index (χ2v) is 6.48. The number of amides is 1. The summed E-state index contributed by atoms with van der Waals surface area (Å²) in [4.78, 5) is 16.8. The van der Waals surface area contributed by atoms with E-state index < -0.39 is 0 Å². The molecule has 4 aromatic rings. The maximum absolute atomic E-state index is 12.4. The Balaban J connectivity index is 1.48. The summed E-state index contributed by atoms with van der Waals surface area (Å²) in [6.07, 6.45) is 0. The molecule has 0 unspecified atom stereocenters. The van der Waals surface area contributed by atoms with Gasteiger partial charge in [-0.25, -0.2) is 4.98 Å². The van der Waals surface area contributed by atoms with Crippen LogP contribution in [0, 0.1) is 11.3 Å². The summed E-state index contributed by atoms with van der Waals surface area (Å²) in [5.41, 5.74) is 3.22. The van der Waals surface area contributed by atoms with Crippen LogP contribution in [0.2, 0.25) is 0 Å². The first-order valence-corrected chi connectivity index (χ1v) is 8.90. The van der Waals surface area contributed by atoms with E-state index in [2.05, 4.69) is 21.5 Å². The SMILES string of the molecule is N#Cc1ccc(-c2csc(NC(=O)c3cc(-c4ccccc4)on3)n2)cc1. The van der Waals surface area contributed by atoms with Crippen LogP contribution in [-0.4, -0.2) is 16.0 Å². The molecule has 6 nitrogen and oxygen atoms in total. The third-order valence-corrected chi connectivity index (χ3v) is 4.59. The van der Waals surface area contributed by atoms with Gasteiger partial charge in [0, 0.05) is 22.6 Å². The smallest absolute Gasteiger partial charge is 0.279 e. The number of benzene rings is 2. The van der Waals surface area contributed by atoms with E-state index in [9.17, 15) is 4.79 Å². The highest BCUT2D eigenvalue weighted by Crippen LogP contribution is 2.26. The number of hydrogen-bond donors (Lipinski definition) is 1. The normalized spacial score (nSPS) is 10.3. The topological polar surface area (TPSA) is 91.8 Å². The number of nitriles is 1. The summed E-state index contributed by atoms with van der Waals surface area (Å²) in [7, 11) is 0. The standard InChI is InChI=1S/C20H12N4O2S/c21-11-13-6-8-14(9-7-13)17-12-27-20(22-17)23-19(25)16-10-18(26-24-16)15-4-2-1-3-5-15/h1-10,12H,(H,22,23,25). The van der Waals surface area contributed by atoms with Gasteiger partial charge in [0.15, 0.2) is 16.6 Å². The molecular weight excluding hydrogens is 360 g/mol. The van der Waals surface area contributed by atoms with Gasteiger partial charge >= 0.3 is 0 Å². The number of nitrogens with one attached hydrogen (secondary N) is 1. The van der Waals surface area contributed by atoms with Crippen molar-refractivity contribution in [2.75, 3.05) is 5.32 Å². The van der Waals surface area contributed by atoms with Crippen LogP contribution in [0.15, 0.2) is 70.6 Å². The van der Waals surface area contributed by atoms with Gasteiger partial charge in [-0.3, -0.25) is 10.1 Å². The molecule has 0 aliphatic heterocycles. The Morgan fingerprint density at radius 3 is 2.59 bits per heavy atom. The molecule has 0 fully saturated rings. The zero-order valence-corrected chi connectivity index (χ0v) is 14.7. The summed E-state index contributed by atoms with van der Waals surface area (Å²) in [5, 5.41) is 17.7. The van der Waals surface area contributed by atoms with Gasteiger partial charge in [0.25, 0.3) is 5.91 Å². The van der Waals surface area contributed by atoms with Crippen LogP contribution in [0.4, 0.5) is 5.13 Å². The van der Waals surface area contributed by atoms with Crippen LogP contribution in [0.25, 0.3) is 22.6 Å². The van der Waals surface area contributed by atoms with Crippen LogP contribution in [-0.2, 0) is 0 Å². The Kier molecular flexibility index (Phi) is 4.47. The monoisotopic (exact) mass is 372 g/mol. The Labute approximate surface area is 158 Å².